The number of anilines is 4. The van der Waals surface area contributed by atoms with Gasteiger partial charge in [-0.05, 0) is 37.3 Å². The van der Waals surface area contributed by atoms with Gasteiger partial charge in [-0.3, -0.25) is 9.67 Å². The molecule has 0 radical (unpaired) electrons. The zero-order valence-electron chi connectivity index (χ0n) is 18.4. The highest BCUT2D eigenvalue weighted by Crippen LogP contribution is 2.27. The van der Waals surface area contributed by atoms with Gasteiger partial charge < -0.3 is 16.8 Å². The predicted molar refractivity (Wildman–Crippen MR) is 131 cm³/mol. The van der Waals surface area contributed by atoms with Crippen LogP contribution in [-0.4, -0.2) is 43.5 Å². The summed E-state index contributed by atoms with van der Waals surface area (Å²) < 4.78 is 1.84. The van der Waals surface area contributed by atoms with E-state index in [1.165, 1.54) is 24.1 Å². The van der Waals surface area contributed by atoms with E-state index < -0.39 is 0 Å². The molecule has 0 atom stereocenters. The molecule has 0 aromatic carbocycles. The van der Waals surface area contributed by atoms with Crippen LogP contribution < -0.4 is 27.6 Å². The van der Waals surface area contributed by atoms with Crippen LogP contribution in [-0.2, 0) is 6.54 Å². The summed E-state index contributed by atoms with van der Waals surface area (Å²) in [6, 6.07) is 4.14. The highest BCUT2D eigenvalue weighted by Gasteiger charge is 2.18. The van der Waals surface area contributed by atoms with E-state index in [1.54, 1.807) is 30.9 Å². The molecule has 11 nitrogen and oxygen atoms in total. The smallest absolute Gasteiger partial charge is 0.225 e. The lowest BCUT2D eigenvalue weighted by molar-refractivity contribution is 0.627. The summed E-state index contributed by atoms with van der Waals surface area (Å²) in [6.07, 6.45) is 16.5. The molecule has 7 N–H and O–H groups in total. The van der Waals surface area contributed by atoms with Crippen molar-refractivity contribution in [1.29, 1.82) is 0 Å². The average molecular weight is 448 g/mol. The third-order valence-electron chi connectivity index (χ3n) is 5.43. The monoisotopic (exact) mass is 447 g/mol. The molecule has 1 saturated carbocycles. The van der Waals surface area contributed by atoms with E-state index in [4.69, 9.17) is 17.3 Å². The second kappa shape index (κ2) is 10.6. The van der Waals surface area contributed by atoms with Crippen molar-refractivity contribution in [3.63, 3.8) is 0 Å². The Morgan fingerprint density at radius 1 is 1.15 bits per heavy atom. The number of nitrogens with two attached hydrogens (primary N) is 3. The Hall–Kier alpha value is -3.99. The molecule has 3 aromatic heterocycles. The van der Waals surface area contributed by atoms with Gasteiger partial charge in [0, 0.05) is 35.8 Å². The molecule has 11 heteroatoms. The fourth-order valence-electron chi connectivity index (χ4n) is 3.69. The number of hydrogen-bond donors (Lipinski definition) is 4. The van der Waals surface area contributed by atoms with Gasteiger partial charge in [-0.2, -0.15) is 10.1 Å². The number of hydrogen-bond acceptors (Lipinski definition) is 10. The van der Waals surface area contributed by atoms with Gasteiger partial charge in [0.2, 0.25) is 5.95 Å². The van der Waals surface area contributed by atoms with Crippen molar-refractivity contribution in [2.75, 3.05) is 22.6 Å². The highest BCUT2D eigenvalue weighted by atomic mass is 15.5. The van der Waals surface area contributed by atoms with Gasteiger partial charge in [0.05, 0.1) is 31.2 Å². The normalized spacial score (nSPS) is 14.5. The lowest BCUT2D eigenvalue weighted by atomic mass is 10.2. The van der Waals surface area contributed by atoms with Gasteiger partial charge >= 0.3 is 0 Å². The maximum absolute atomic E-state index is 6.31. The van der Waals surface area contributed by atoms with Crippen molar-refractivity contribution in [2.24, 2.45) is 16.6 Å². The van der Waals surface area contributed by atoms with Crippen LogP contribution in [0.15, 0.2) is 54.2 Å². The molecule has 0 aliphatic heterocycles. The maximum Gasteiger partial charge on any atom is 0.225 e. The molecule has 0 saturated heterocycles. The molecule has 0 unspecified atom stereocenters. The van der Waals surface area contributed by atoms with E-state index in [0.717, 1.165) is 24.0 Å². The summed E-state index contributed by atoms with van der Waals surface area (Å²) in [5, 5.41) is 9.11. The van der Waals surface area contributed by atoms with Gasteiger partial charge in [0.25, 0.3) is 0 Å². The number of aliphatic imine (C=N–C) groups is 1. The predicted octanol–water partition coefficient (Wildman–Crippen LogP) is 2.23. The Morgan fingerprint density at radius 2 is 2.00 bits per heavy atom. The van der Waals surface area contributed by atoms with E-state index in [2.05, 4.69) is 30.4 Å². The summed E-state index contributed by atoms with van der Waals surface area (Å²) >= 11 is 0. The molecule has 4 rings (SSSR count). The minimum Gasteiger partial charge on any atom is -0.405 e. The fraction of sp³-hybridized carbons (Fsp3) is 0.318. The van der Waals surface area contributed by atoms with Gasteiger partial charge in [-0.1, -0.05) is 12.8 Å². The first-order valence-corrected chi connectivity index (χ1v) is 10.9. The zero-order chi connectivity index (χ0) is 23.0. The van der Waals surface area contributed by atoms with Crippen LogP contribution >= 0.6 is 0 Å². The van der Waals surface area contributed by atoms with E-state index in [-0.39, 0.29) is 0 Å². The molecule has 172 valence electrons. The maximum atomic E-state index is 6.31. The van der Waals surface area contributed by atoms with E-state index in [9.17, 15) is 0 Å². The summed E-state index contributed by atoms with van der Waals surface area (Å²) in [6.45, 7) is 1.28. The summed E-state index contributed by atoms with van der Waals surface area (Å²) in [7, 11) is 0. The van der Waals surface area contributed by atoms with Crippen LogP contribution in [0, 0.1) is 0 Å². The van der Waals surface area contributed by atoms with Crippen LogP contribution in [0.3, 0.4) is 0 Å². The first-order valence-electron chi connectivity index (χ1n) is 10.9. The number of nitrogens with zero attached hydrogens (tertiary/aromatic N) is 7. The third kappa shape index (κ3) is 5.63. The van der Waals surface area contributed by atoms with Crippen LogP contribution in [0.1, 0.15) is 25.7 Å². The minimum atomic E-state index is 0.381. The van der Waals surface area contributed by atoms with Crippen molar-refractivity contribution in [3.05, 3.63) is 49.2 Å². The van der Waals surface area contributed by atoms with Crippen molar-refractivity contribution in [1.82, 2.24) is 24.7 Å². The zero-order valence-corrected chi connectivity index (χ0v) is 18.4. The molecule has 0 bridgehead atoms. The topological polar surface area (TPSA) is 162 Å². The number of aromatic nitrogens is 5. The molecular formula is C22H29N11. The first kappa shape index (κ1) is 22.2. The lowest BCUT2D eigenvalue weighted by Crippen LogP contribution is -2.28. The SMILES string of the molecule is NC=CC=NCCn1cc(-c2ccc(N(N)c3nc(NC4CCCC4)ncc3N)nc2)cn1. The molecule has 0 spiro atoms. The average Bonchev–Trinajstić information content (AvgIpc) is 3.52. The Labute approximate surface area is 192 Å². The summed E-state index contributed by atoms with van der Waals surface area (Å²) in [5.41, 5.74) is 13.6. The lowest BCUT2D eigenvalue weighted by Gasteiger charge is -2.20. The molecule has 0 amide bonds. The van der Waals surface area contributed by atoms with Crippen LogP contribution in [0.2, 0.25) is 0 Å². The third-order valence-corrected chi connectivity index (χ3v) is 5.43. The van der Waals surface area contributed by atoms with Crippen LogP contribution in [0.5, 0.6) is 0 Å². The molecule has 1 fully saturated rings. The molecule has 1 aliphatic rings. The van der Waals surface area contributed by atoms with Crippen molar-refractivity contribution in [2.45, 2.75) is 38.3 Å². The van der Waals surface area contributed by atoms with Gasteiger partial charge in [0.15, 0.2) is 5.82 Å². The van der Waals surface area contributed by atoms with E-state index >= 15 is 0 Å². The number of pyridine rings is 1. The highest BCUT2D eigenvalue weighted by molar-refractivity contribution is 5.71. The molecule has 1 aliphatic carbocycles. The Balaban J connectivity index is 1.43. The van der Waals surface area contributed by atoms with Gasteiger partial charge in [-0.25, -0.2) is 20.8 Å². The van der Waals surface area contributed by atoms with Crippen molar-refractivity contribution in [3.8, 4) is 11.1 Å². The largest absolute Gasteiger partial charge is 0.405 e. The molecule has 3 aromatic rings. The molecular weight excluding hydrogens is 418 g/mol. The Kier molecular flexibility index (Phi) is 7.10. The minimum absolute atomic E-state index is 0.381. The Morgan fingerprint density at radius 3 is 2.76 bits per heavy atom. The first-order chi connectivity index (χ1) is 16.1. The van der Waals surface area contributed by atoms with E-state index in [0.29, 0.717) is 42.4 Å². The standard InChI is InChI=1S/C22H29N11/c23-8-3-9-26-10-11-32-15-17(13-29-32)16-6-7-20(27-12-16)33(25)21-19(24)14-28-22(31-21)30-18-4-1-2-5-18/h3,6-9,12-15,18H,1-2,4-5,10-11,23-25H2,(H,28,30,31). The summed E-state index contributed by atoms with van der Waals surface area (Å²) in [5.74, 6) is 7.75. The number of nitrogen functional groups attached to an aromatic ring is 1. The number of allylic oxidation sites excluding steroid dienone is 1. The quantitative estimate of drug-likeness (QED) is 0.219. The van der Waals surface area contributed by atoms with Gasteiger partial charge in [-0.15, -0.1) is 0 Å². The van der Waals surface area contributed by atoms with E-state index in [1.807, 2.05) is 23.0 Å². The summed E-state index contributed by atoms with van der Waals surface area (Å²) in [4.78, 5) is 17.5. The van der Waals surface area contributed by atoms with Gasteiger partial charge in [0.1, 0.15) is 5.82 Å². The van der Waals surface area contributed by atoms with Crippen molar-refractivity contribution < 1.29 is 0 Å². The molecule has 33 heavy (non-hydrogen) atoms. The van der Waals surface area contributed by atoms with Crippen LogP contribution in [0.4, 0.5) is 23.3 Å². The number of hydrazine groups is 1. The second-order valence-corrected chi connectivity index (χ2v) is 7.81. The van der Waals surface area contributed by atoms with Crippen molar-refractivity contribution >= 4 is 29.5 Å². The fourth-order valence-corrected chi connectivity index (χ4v) is 3.69. The van der Waals surface area contributed by atoms with Crippen LogP contribution in [0.25, 0.3) is 11.1 Å². The number of nitrogens with one attached hydrogen (secondary N) is 1. The Bertz CT molecular complexity index is 1100. The second-order valence-electron chi connectivity index (χ2n) is 7.81. The molecule has 3 heterocycles. The number of rotatable bonds is 9.